The van der Waals surface area contributed by atoms with E-state index in [2.05, 4.69) is 27.4 Å². The molecular formula is C16H30O4. The van der Waals surface area contributed by atoms with Crippen molar-refractivity contribution in [1.82, 2.24) is 0 Å². The van der Waals surface area contributed by atoms with Gasteiger partial charge in [-0.05, 0) is 13.3 Å². The van der Waals surface area contributed by atoms with Gasteiger partial charge in [0.2, 0.25) is 0 Å². The fourth-order valence-corrected chi connectivity index (χ4v) is 2.23. The summed E-state index contributed by atoms with van der Waals surface area (Å²) in [6, 6.07) is 0. The number of hydrogen-bond acceptors (Lipinski definition) is 4. The first kappa shape index (κ1) is 17.6. The standard InChI is InChI=1S/C16H30O4/c1-6-9-18-11-16(7-2)12-19-14(20-13-16)15(4,5)10-17-8-3/h6,14H,1,7-13H2,2-5H3. The summed E-state index contributed by atoms with van der Waals surface area (Å²) in [4.78, 5) is 0. The van der Waals surface area contributed by atoms with Crippen molar-refractivity contribution in [2.24, 2.45) is 10.8 Å². The average Bonchev–Trinajstić information content (AvgIpc) is 2.46. The SMILES string of the molecule is C=CCOCC1(CC)COC(C(C)(C)COCC)OC1. The van der Waals surface area contributed by atoms with Gasteiger partial charge in [0, 0.05) is 17.4 Å². The monoisotopic (exact) mass is 286 g/mol. The molecule has 1 aliphatic heterocycles. The lowest BCUT2D eigenvalue weighted by atomic mass is 9.85. The Labute approximate surface area is 123 Å². The molecule has 0 bridgehead atoms. The predicted octanol–water partition coefficient (Wildman–Crippen LogP) is 3.02. The molecule has 1 heterocycles. The van der Waals surface area contributed by atoms with E-state index in [1.54, 1.807) is 6.08 Å². The molecule has 0 saturated carbocycles. The van der Waals surface area contributed by atoms with Crippen molar-refractivity contribution in [3.8, 4) is 0 Å². The van der Waals surface area contributed by atoms with Gasteiger partial charge in [0.25, 0.3) is 0 Å². The van der Waals surface area contributed by atoms with E-state index in [0.29, 0.717) is 39.6 Å². The first-order chi connectivity index (χ1) is 9.49. The zero-order valence-corrected chi connectivity index (χ0v) is 13.4. The Balaban J connectivity index is 2.49. The number of rotatable bonds is 9. The Morgan fingerprint density at radius 2 is 1.90 bits per heavy atom. The molecule has 1 fully saturated rings. The third-order valence-corrected chi connectivity index (χ3v) is 3.79. The summed E-state index contributed by atoms with van der Waals surface area (Å²) in [5, 5.41) is 0. The van der Waals surface area contributed by atoms with Gasteiger partial charge in [0.1, 0.15) is 0 Å². The van der Waals surface area contributed by atoms with Gasteiger partial charge in [-0.2, -0.15) is 0 Å². The maximum absolute atomic E-state index is 5.97. The Kier molecular flexibility index (Phi) is 7.17. The molecule has 0 spiro atoms. The van der Waals surface area contributed by atoms with Crippen molar-refractivity contribution in [2.45, 2.75) is 40.4 Å². The lowest BCUT2D eigenvalue weighted by Crippen LogP contribution is -2.50. The molecule has 0 aromatic heterocycles. The van der Waals surface area contributed by atoms with Gasteiger partial charge in [-0.15, -0.1) is 6.58 Å². The second kappa shape index (κ2) is 8.13. The molecule has 0 radical (unpaired) electrons. The van der Waals surface area contributed by atoms with Crippen molar-refractivity contribution < 1.29 is 18.9 Å². The van der Waals surface area contributed by atoms with Crippen LogP contribution in [-0.4, -0.2) is 45.9 Å². The summed E-state index contributed by atoms with van der Waals surface area (Å²) >= 11 is 0. The molecule has 0 N–H and O–H groups in total. The Bertz CT molecular complexity index is 280. The molecule has 0 aromatic carbocycles. The topological polar surface area (TPSA) is 36.9 Å². The van der Waals surface area contributed by atoms with Crippen LogP contribution in [0.25, 0.3) is 0 Å². The summed E-state index contributed by atoms with van der Waals surface area (Å²) < 4.78 is 23.1. The van der Waals surface area contributed by atoms with E-state index in [1.165, 1.54) is 0 Å². The highest BCUT2D eigenvalue weighted by atomic mass is 16.7. The highest BCUT2D eigenvalue weighted by Crippen LogP contribution is 2.35. The van der Waals surface area contributed by atoms with Gasteiger partial charge in [0.05, 0.1) is 33.0 Å². The van der Waals surface area contributed by atoms with Crippen LogP contribution in [0.5, 0.6) is 0 Å². The van der Waals surface area contributed by atoms with Crippen LogP contribution in [0.3, 0.4) is 0 Å². The maximum Gasteiger partial charge on any atom is 0.164 e. The van der Waals surface area contributed by atoms with Gasteiger partial charge < -0.3 is 18.9 Å². The number of ether oxygens (including phenoxy) is 4. The first-order valence-electron chi connectivity index (χ1n) is 7.49. The van der Waals surface area contributed by atoms with Gasteiger partial charge in [0.15, 0.2) is 6.29 Å². The lowest BCUT2D eigenvalue weighted by Gasteiger charge is -2.44. The Hall–Kier alpha value is -0.420. The van der Waals surface area contributed by atoms with Gasteiger partial charge >= 0.3 is 0 Å². The highest BCUT2D eigenvalue weighted by molar-refractivity contribution is 4.84. The van der Waals surface area contributed by atoms with Crippen molar-refractivity contribution in [2.75, 3.05) is 39.6 Å². The molecule has 4 nitrogen and oxygen atoms in total. The minimum absolute atomic E-state index is 0.0405. The molecule has 20 heavy (non-hydrogen) atoms. The van der Waals surface area contributed by atoms with Crippen LogP contribution in [0.1, 0.15) is 34.1 Å². The molecule has 1 saturated heterocycles. The molecule has 0 atom stereocenters. The molecule has 0 unspecified atom stereocenters. The zero-order valence-electron chi connectivity index (χ0n) is 13.4. The van der Waals surface area contributed by atoms with Gasteiger partial charge in [-0.3, -0.25) is 0 Å². The Morgan fingerprint density at radius 3 is 2.40 bits per heavy atom. The second-order valence-electron chi connectivity index (χ2n) is 6.24. The van der Waals surface area contributed by atoms with E-state index in [4.69, 9.17) is 18.9 Å². The van der Waals surface area contributed by atoms with Crippen LogP contribution < -0.4 is 0 Å². The van der Waals surface area contributed by atoms with Gasteiger partial charge in [-0.25, -0.2) is 0 Å². The first-order valence-corrected chi connectivity index (χ1v) is 7.49. The van der Waals surface area contributed by atoms with Crippen LogP contribution in [-0.2, 0) is 18.9 Å². The average molecular weight is 286 g/mol. The van der Waals surface area contributed by atoms with E-state index in [9.17, 15) is 0 Å². The molecule has 1 rings (SSSR count). The molecule has 118 valence electrons. The molecule has 0 aromatic rings. The van der Waals surface area contributed by atoms with Crippen molar-refractivity contribution in [1.29, 1.82) is 0 Å². The van der Waals surface area contributed by atoms with Gasteiger partial charge in [-0.1, -0.05) is 26.8 Å². The quantitative estimate of drug-likeness (QED) is 0.482. The normalized spacial score (nSPS) is 27.5. The van der Waals surface area contributed by atoms with Crippen molar-refractivity contribution in [3.63, 3.8) is 0 Å². The predicted molar refractivity (Wildman–Crippen MR) is 79.7 cm³/mol. The van der Waals surface area contributed by atoms with E-state index in [-0.39, 0.29) is 17.1 Å². The molecular weight excluding hydrogens is 256 g/mol. The summed E-state index contributed by atoms with van der Waals surface area (Å²) in [6.45, 7) is 15.9. The minimum atomic E-state index is -0.215. The molecule has 1 aliphatic rings. The van der Waals surface area contributed by atoms with Crippen LogP contribution in [0.15, 0.2) is 12.7 Å². The second-order valence-corrected chi connectivity index (χ2v) is 6.24. The largest absolute Gasteiger partial charge is 0.381 e. The lowest BCUT2D eigenvalue weighted by molar-refractivity contribution is -0.282. The van der Waals surface area contributed by atoms with Crippen LogP contribution in [0.4, 0.5) is 0 Å². The molecule has 0 amide bonds. The summed E-state index contributed by atoms with van der Waals surface area (Å²) in [7, 11) is 0. The van der Waals surface area contributed by atoms with E-state index in [0.717, 1.165) is 6.42 Å². The molecule has 0 aliphatic carbocycles. The minimum Gasteiger partial charge on any atom is -0.381 e. The fraction of sp³-hybridized carbons (Fsp3) is 0.875. The Morgan fingerprint density at radius 1 is 1.25 bits per heavy atom. The van der Waals surface area contributed by atoms with Crippen LogP contribution >= 0.6 is 0 Å². The van der Waals surface area contributed by atoms with Crippen molar-refractivity contribution in [3.05, 3.63) is 12.7 Å². The zero-order chi connectivity index (χ0) is 15.1. The highest BCUT2D eigenvalue weighted by Gasteiger charge is 2.41. The third-order valence-electron chi connectivity index (χ3n) is 3.79. The molecule has 4 heteroatoms. The summed E-state index contributed by atoms with van der Waals surface area (Å²) in [6.07, 6.45) is 2.53. The van der Waals surface area contributed by atoms with Crippen LogP contribution in [0, 0.1) is 10.8 Å². The van der Waals surface area contributed by atoms with E-state index >= 15 is 0 Å². The summed E-state index contributed by atoms with van der Waals surface area (Å²) in [5.41, 5.74) is -0.181. The fourth-order valence-electron chi connectivity index (χ4n) is 2.23. The number of hydrogen-bond donors (Lipinski definition) is 0. The van der Waals surface area contributed by atoms with E-state index < -0.39 is 0 Å². The maximum atomic E-state index is 5.97. The van der Waals surface area contributed by atoms with Crippen molar-refractivity contribution >= 4 is 0 Å². The van der Waals surface area contributed by atoms with E-state index in [1.807, 2.05) is 6.92 Å². The summed E-state index contributed by atoms with van der Waals surface area (Å²) in [5.74, 6) is 0. The third kappa shape index (κ3) is 4.85. The smallest absolute Gasteiger partial charge is 0.164 e. The van der Waals surface area contributed by atoms with Crippen LogP contribution in [0.2, 0.25) is 0 Å².